The van der Waals surface area contributed by atoms with E-state index >= 15 is 0 Å². The van der Waals surface area contributed by atoms with Gasteiger partial charge in [-0.05, 0) is 49.3 Å². The second-order valence-corrected chi connectivity index (χ2v) is 10.9. The number of rotatable bonds is 8. The maximum atomic E-state index is 13.8. The Bertz CT molecular complexity index is 1390. The third-order valence-corrected chi connectivity index (χ3v) is 8.42. The lowest BCUT2D eigenvalue weighted by molar-refractivity contribution is -0.140. The van der Waals surface area contributed by atoms with Gasteiger partial charge in [-0.15, -0.1) is 21.5 Å². The fraction of sp³-hybridized carbons (Fsp3) is 0.440. The molecule has 1 atom stereocenters. The summed E-state index contributed by atoms with van der Waals surface area (Å²) in [7, 11) is 0. The number of nitrogens with zero attached hydrogens (tertiary/aromatic N) is 4. The van der Waals surface area contributed by atoms with Gasteiger partial charge in [0.2, 0.25) is 5.78 Å². The summed E-state index contributed by atoms with van der Waals surface area (Å²) >= 11 is 2.97. The van der Waals surface area contributed by atoms with Gasteiger partial charge in [0.05, 0.1) is 23.4 Å². The summed E-state index contributed by atoms with van der Waals surface area (Å²) in [6.07, 6.45) is 5.97. The quantitative estimate of drug-likeness (QED) is 0.193. The minimum Gasteiger partial charge on any atom is -0.465 e. The molecule has 0 aliphatic heterocycles. The first-order chi connectivity index (χ1) is 16.6. The van der Waals surface area contributed by atoms with Crippen molar-refractivity contribution < 1.29 is 9.53 Å². The molecule has 0 spiro atoms. The fourth-order valence-electron chi connectivity index (χ4n) is 4.51. The number of unbranched alkanes of at least 4 members (excludes halogenated alkanes) is 2. The molecule has 3 aromatic heterocycles. The van der Waals surface area contributed by atoms with E-state index in [0.717, 1.165) is 60.0 Å². The minimum atomic E-state index is -0.259. The van der Waals surface area contributed by atoms with Crippen LogP contribution in [0.3, 0.4) is 0 Å². The molecule has 0 fully saturated rings. The molecule has 3 heterocycles. The molecule has 1 aliphatic rings. The van der Waals surface area contributed by atoms with Gasteiger partial charge < -0.3 is 4.74 Å². The zero-order valence-corrected chi connectivity index (χ0v) is 21.1. The van der Waals surface area contributed by atoms with E-state index < -0.39 is 0 Å². The van der Waals surface area contributed by atoms with Gasteiger partial charge in [0.1, 0.15) is 4.83 Å². The molecule has 178 valence electrons. The summed E-state index contributed by atoms with van der Waals surface area (Å²) in [5.41, 5.74) is 1.86. The molecule has 0 saturated carbocycles. The summed E-state index contributed by atoms with van der Waals surface area (Å²) in [4.78, 5) is 28.2. The van der Waals surface area contributed by atoms with E-state index in [1.165, 1.54) is 16.6 Å². The Morgan fingerprint density at radius 3 is 2.85 bits per heavy atom. The largest absolute Gasteiger partial charge is 0.465 e. The maximum Gasteiger partial charge on any atom is 0.316 e. The van der Waals surface area contributed by atoms with Crippen molar-refractivity contribution in [2.45, 2.75) is 57.5 Å². The highest BCUT2D eigenvalue weighted by atomic mass is 32.2. The Hall–Kier alpha value is -2.65. The van der Waals surface area contributed by atoms with E-state index in [2.05, 4.69) is 24.0 Å². The number of aryl methyl sites for hydroxylation is 1. The molecule has 0 N–H and O–H groups in total. The molecule has 0 saturated heterocycles. The third kappa shape index (κ3) is 4.27. The predicted octanol–water partition coefficient (Wildman–Crippen LogP) is 5.05. The van der Waals surface area contributed by atoms with Gasteiger partial charge >= 0.3 is 5.97 Å². The molecule has 1 aliphatic carbocycles. The zero-order chi connectivity index (χ0) is 23.7. The van der Waals surface area contributed by atoms with E-state index in [9.17, 15) is 9.59 Å². The maximum absolute atomic E-state index is 13.8. The van der Waals surface area contributed by atoms with Crippen LogP contribution in [0.2, 0.25) is 0 Å². The van der Waals surface area contributed by atoms with Crippen molar-refractivity contribution in [1.82, 2.24) is 19.2 Å². The Kier molecular flexibility index (Phi) is 6.74. The molecule has 1 aromatic carbocycles. The van der Waals surface area contributed by atoms with Crippen LogP contribution in [0.15, 0.2) is 40.3 Å². The monoisotopic (exact) mass is 496 g/mol. The molecule has 0 bridgehead atoms. The highest BCUT2D eigenvalue weighted by Gasteiger charge is 2.27. The molecule has 0 radical (unpaired) electrons. The van der Waals surface area contributed by atoms with Gasteiger partial charge in [0, 0.05) is 4.88 Å². The number of hydrogen-bond donors (Lipinski definition) is 0. The number of ether oxygens (including phenoxy) is 1. The lowest BCUT2D eigenvalue weighted by Gasteiger charge is -2.17. The van der Waals surface area contributed by atoms with E-state index in [0.29, 0.717) is 23.5 Å². The summed E-state index contributed by atoms with van der Waals surface area (Å²) < 4.78 is 8.96. The first-order valence-corrected chi connectivity index (χ1v) is 13.7. The van der Waals surface area contributed by atoms with Crippen LogP contribution >= 0.6 is 23.1 Å². The molecule has 34 heavy (non-hydrogen) atoms. The topological polar surface area (TPSA) is 78.5 Å². The van der Waals surface area contributed by atoms with Gasteiger partial charge in [-0.25, -0.2) is 8.97 Å². The van der Waals surface area contributed by atoms with E-state index in [4.69, 9.17) is 4.74 Å². The molecule has 9 heteroatoms. The molecule has 4 aromatic rings. The summed E-state index contributed by atoms with van der Waals surface area (Å²) in [6, 6.07) is 9.56. The average Bonchev–Trinajstić information content (AvgIpc) is 3.42. The van der Waals surface area contributed by atoms with Crippen LogP contribution in [0.4, 0.5) is 0 Å². The number of thiophene rings is 1. The lowest BCUT2D eigenvalue weighted by atomic mass is 9.89. The first-order valence-electron chi connectivity index (χ1n) is 11.9. The molecule has 7 nitrogen and oxygen atoms in total. The highest BCUT2D eigenvalue weighted by molar-refractivity contribution is 7.99. The van der Waals surface area contributed by atoms with Crippen molar-refractivity contribution in [3.05, 3.63) is 51.1 Å². The number of esters is 1. The van der Waals surface area contributed by atoms with E-state index in [-0.39, 0.29) is 17.3 Å². The van der Waals surface area contributed by atoms with Crippen molar-refractivity contribution in [1.29, 1.82) is 0 Å². The van der Waals surface area contributed by atoms with Crippen LogP contribution in [-0.4, -0.2) is 37.5 Å². The molecule has 0 amide bonds. The first kappa shape index (κ1) is 23.1. The number of para-hydroxylation sites is 1. The predicted molar refractivity (Wildman–Crippen MR) is 136 cm³/mol. The standard InChI is InChI=1S/C25H28N4O3S2/c1-3-4-8-13-32-20(30)15-33-25-27-26-24-28(17-9-6-5-7-10-17)22(31)21-18-12-11-16(2)14-19(18)34-23(21)29(24)25/h5-7,9-10,16H,3-4,8,11-15H2,1-2H3/t16-/m0/s1. The summed E-state index contributed by atoms with van der Waals surface area (Å²) in [5.74, 6) is 0.963. The Labute approximate surface area is 206 Å². The zero-order valence-electron chi connectivity index (χ0n) is 19.5. The Morgan fingerprint density at radius 2 is 2.06 bits per heavy atom. The smallest absolute Gasteiger partial charge is 0.316 e. The molecule has 5 rings (SSSR count). The number of fused-ring (bicyclic) bond motifs is 5. The number of carbonyl (C=O) groups is 1. The molecule has 0 unspecified atom stereocenters. The van der Waals surface area contributed by atoms with Crippen LogP contribution in [0, 0.1) is 5.92 Å². The normalized spacial score (nSPS) is 15.6. The number of thioether (sulfide) groups is 1. The van der Waals surface area contributed by atoms with E-state index in [1.807, 2.05) is 34.7 Å². The number of aromatic nitrogens is 4. The Morgan fingerprint density at radius 1 is 1.24 bits per heavy atom. The Balaban J connectivity index is 1.60. The van der Waals surface area contributed by atoms with Crippen LogP contribution in [0.5, 0.6) is 0 Å². The van der Waals surface area contributed by atoms with Gasteiger partial charge in [0.25, 0.3) is 5.56 Å². The second-order valence-electron chi connectivity index (χ2n) is 8.84. The van der Waals surface area contributed by atoms with Gasteiger partial charge in [-0.1, -0.05) is 56.7 Å². The molecular formula is C25H28N4O3S2. The van der Waals surface area contributed by atoms with Gasteiger partial charge in [-0.2, -0.15) is 0 Å². The van der Waals surface area contributed by atoms with Gasteiger partial charge in [0.15, 0.2) is 5.16 Å². The highest BCUT2D eigenvalue weighted by Crippen LogP contribution is 2.38. The second kappa shape index (κ2) is 9.92. The van der Waals surface area contributed by atoms with Crippen LogP contribution < -0.4 is 5.56 Å². The SMILES string of the molecule is CCCCCOC(=O)CSc1nnc2n(-c3ccccc3)c(=O)c3c4c(sc3n12)C[C@@H](C)CC4. The van der Waals surface area contributed by atoms with Crippen LogP contribution in [-0.2, 0) is 22.4 Å². The van der Waals surface area contributed by atoms with Gasteiger partial charge in [-0.3, -0.25) is 9.59 Å². The third-order valence-electron chi connectivity index (χ3n) is 6.27. The minimum absolute atomic E-state index is 0.0555. The fourth-order valence-corrected chi connectivity index (χ4v) is 6.80. The van der Waals surface area contributed by atoms with E-state index in [1.54, 1.807) is 15.9 Å². The van der Waals surface area contributed by atoms with Crippen molar-refractivity contribution >= 4 is 45.1 Å². The summed E-state index contributed by atoms with van der Waals surface area (Å²) in [6.45, 7) is 4.83. The lowest BCUT2D eigenvalue weighted by Crippen LogP contribution is -2.22. The van der Waals surface area contributed by atoms with Crippen molar-refractivity contribution in [3.8, 4) is 5.69 Å². The molecular weight excluding hydrogens is 468 g/mol. The number of hydrogen-bond acceptors (Lipinski definition) is 7. The average molecular weight is 497 g/mol. The van der Waals surface area contributed by atoms with Crippen LogP contribution in [0.25, 0.3) is 21.7 Å². The van der Waals surface area contributed by atoms with Crippen molar-refractivity contribution in [3.63, 3.8) is 0 Å². The van der Waals surface area contributed by atoms with Crippen molar-refractivity contribution in [2.75, 3.05) is 12.4 Å². The summed E-state index contributed by atoms with van der Waals surface area (Å²) in [5, 5.41) is 10.1. The number of benzene rings is 1. The number of carbonyl (C=O) groups excluding carboxylic acids is 1. The van der Waals surface area contributed by atoms with Crippen molar-refractivity contribution in [2.24, 2.45) is 5.92 Å². The van der Waals surface area contributed by atoms with Crippen LogP contribution in [0.1, 0.15) is 50.0 Å².